The number of aliphatic imine (C=N–C) groups is 1. The van der Waals surface area contributed by atoms with Gasteiger partial charge in [0.05, 0.1) is 13.1 Å². The minimum Gasteiger partial charge on any atom is -0.307 e. The second kappa shape index (κ2) is 20.1. The summed E-state index contributed by atoms with van der Waals surface area (Å²) in [6.07, 6.45) is 29.3. The van der Waals surface area contributed by atoms with Crippen molar-refractivity contribution < 1.29 is 9.28 Å². The lowest BCUT2D eigenvalue weighted by Crippen LogP contribution is -2.62. The molecule has 1 amide bonds. The molecule has 4 heteroatoms. The smallest absolute Gasteiger partial charge is 0.221 e. The molecule has 0 fully saturated rings. The van der Waals surface area contributed by atoms with Gasteiger partial charge in [0.1, 0.15) is 6.54 Å². The lowest BCUT2D eigenvalue weighted by molar-refractivity contribution is -0.861. The van der Waals surface area contributed by atoms with E-state index in [9.17, 15) is 4.79 Å². The number of unbranched alkanes of at least 4 members (excludes halogenated alkanes) is 15. The van der Waals surface area contributed by atoms with Crippen LogP contribution in [0.5, 0.6) is 0 Å². The number of rotatable bonds is 22. The Morgan fingerprint density at radius 2 is 1.35 bits per heavy atom. The number of amidine groups is 1. The Morgan fingerprint density at radius 3 is 1.85 bits per heavy atom. The van der Waals surface area contributed by atoms with Crippen LogP contribution in [0.2, 0.25) is 0 Å². The number of quaternary nitrogens is 1. The van der Waals surface area contributed by atoms with Gasteiger partial charge < -0.3 is 5.32 Å². The molecular formula is C30H58N3O+. The highest BCUT2D eigenvalue weighted by Crippen LogP contribution is 2.23. The number of nitrogens with one attached hydrogen (secondary N) is 1. The standard InChI is InChI=1S/C30H57N3O/c1-5-7-8-9-10-11-12-13-14-15-16-17-18-19-20-21-22-23-24-25-30-31-26-27-33(30,6-2)28(3)32-29(4)34/h17-18,28H,5-16,19-27H2,1-4H3/p+1/b18-17+. The summed E-state index contributed by atoms with van der Waals surface area (Å²) in [6, 6.07) is 0. The molecule has 198 valence electrons. The quantitative estimate of drug-likeness (QED) is 0.0952. The van der Waals surface area contributed by atoms with Crippen molar-refractivity contribution in [2.24, 2.45) is 4.99 Å². The number of carbonyl (C=O) groups excluding carboxylic acids is 1. The molecule has 4 nitrogen and oxygen atoms in total. The van der Waals surface area contributed by atoms with Crippen LogP contribution in [0.25, 0.3) is 0 Å². The number of nitrogens with zero attached hydrogens (tertiary/aromatic N) is 2. The van der Waals surface area contributed by atoms with Crippen LogP contribution in [0.1, 0.15) is 143 Å². The van der Waals surface area contributed by atoms with E-state index in [0.717, 1.165) is 30.5 Å². The van der Waals surface area contributed by atoms with Crippen LogP contribution in [0.4, 0.5) is 0 Å². The van der Waals surface area contributed by atoms with Gasteiger partial charge in [-0.15, -0.1) is 0 Å². The van der Waals surface area contributed by atoms with E-state index in [2.05, 4.69) is 38.2 Å². The van der Waals surface area contributed by atoms with E-state index in [-0.39, 0.29) is 12.1 Å². The number of amides is 1. The average Bonchev–Trinajstić information content (AvgIpc) is 3.24. The number of carbonyl (C=O) groups is 1. The SMILES string of the molecule is CCCCCCCCCCCC/C=C/CCCCCCCC1=NCC[N+]1(CC)C(C)NC(C)=O. The van der Waals surface area contributed by atoms with Crippen LogP contribution in [0.3, 0.4) is 0 Å². The zero-order valence-corrected chi connectivity index (χ0v) is 23.4. The topological polar surface area (TPSA) is 41.5 Å². The Labute approximate surface area is 212 Å². The van der Waals surface area contributed by atoms with E-state index in [1.54, 1.807) is 6.92 Å². The third-order valence-corrected chi connectivity index (χ3v) is 7.69. The number of hydrogen-bond donors (Lipinski definition) is 1. The molecule has 0 radical (unpaired) electrons. The molecule has 1 heterocycles. The maximum Gasteiger partial charge on any atom is 0.221 e. The first-order valence-electron chi connectivity index (χ1n) is 14.9. The monoisotopic (exact) mass is 476 g/mol. The van der Waals surface area contributed by atoms with Gasteiger partial charge in [-0.25, -0.2) is 4.99 Å². The van der Waals surface area contributed by atoms with E-state index in [1.165, 1.54) is 115 Å². The third kappa shape index (κ3) is 13.1. The highest BCUT2D eigenvalue weighted by Gasteiger charge is 2.41. The molecule has 0 bridgehead atoms. The molecular weight excluding hydrogens is 418 g/mol. The van der Waals surface area contributed by atoms with Gasteiger partial charge >= 0.3 is 0 Å². The highest BCUT2D eigenvalue weighted by atomic mass is 16.1. The minimum absolute atomic E-state index is 0.0576. The van der Waals surface area contributed by atoms with Crippen molar-refractivity contribution in [3.63, 3.8) is 0 Å². The van der Waals surface area contributed by atoms with Gasteiger partial charge in [-0.3, -0.25) is 9.28 Å². The van der Waals surface area contributed by atoms with Gasteiger partial charge in [0.15, 0.2) is 12.0 Å². The number of likely N-dealkylation sites (N-methyl/N-ethyl adjacent to an activating group) is 1. The van der Waals surface area contributed by atoms with Crippen LogP contribution < -0.4 is 5.32 Å². The predicted molar refractivity (Wildman–Crippen MR) is 149 cm³/mol. The van der Waals surface area contributed by atoms with Crippen molar-refractivity contribution in [3.8, 4) is 0 Å². The van der Waals surface area contributed by atoms with Gasteiger partial charge in [0.2, 0.25) is 5.91 Å². The summed E-state index contributed by atoms with van der Waals surface area (Å²) < 4.78 is 0.851. The van der Waals surface area contributed by atoms with Crippen molar-refractivity contribution >= 4 is 11.7 Å². The molecule has 0 aromatic rings. The summed E-state index contributed by atoms with van der Waals surface area (Å²) in [5, 5.41) is 3.11. The van der Waals surface area contributed by atoms with E-state index >= 15 is 0 Å². The second-order valence-electron chi connectivity index (χ2n) is 10.5. The zero-order chi connectivity index (χ0) is 24.9. The summed E-state index contributed by atoms with van der Waals surface area (Å²) in [4.78, 5) is 16.4. The fourth-order valence-electron chi connectivity index (χ4n) is 5.44. The van der Waals surface area contributed by atoms with Gasteiger partial charge in [-0.05, 0) is 39.0 Å². The molecule has 1 aliphatic rings. The molecule has 0 saturated heterocycles. The molecule has 0 spiro atoms. The van der Waals surface area contributed by atoms with Crippen molar-refractivity contribution in [1.29, 1.82) is 0 Å². The van der Waals surface area contributed by atoms with Crippen molar-refractivity contribution in [2.75, 3.05) is 19.6 Å². The van der Waals surface area contributed by atoms with Crippen LogP contribution in [-0.4, -0.2) is 42.0 Å². The molecule has 2 unspecified atom stereocenters. The predicted octanol–water partition coefficient (Wildman–Crippen LogP) is 8.32. The molecule has 0 aromatic heterocycles. The van der Waals surface area contributed by atoms with Crippen LogP contribution in [0.15, 0.2) is 17.1 Å². The van der Waals surface area contributed by atoms with Gasteiger partial charge in [0, 0.05) is 20.3 Å². The van der Waals surface area contributed by atoms with Gasteiger partial charge in [-0.2, -0.15) is 0 Å². The molecule has 1 aliphatic heterocycles. The first kappa shape index (κ1) is 30.9. The normalized spacial score (nSPS) is 19.0. The first-order chi connectivity index (χ1) is 16.6. The highest BCUT2D eigenvalue weighted by molar-refractivity contribution is 5.78. The maximum absolute atomic E-state index is 11.6. The first-order valence-corrected chi connectivity index (χ1v) is 14.9. The van der Waals surface area contributed by atoms with Crippen molar-refractivity contribution in [1.82, 2.24) is 5.32 Å². The second-order valence-corrected chi connectivity index (χ2v) is 10.5. The Kier molecular flexibility index (Phi) is 18.2. The fourth-order valence-corrected chi connectivity index (χ4v) is 5.44. The van der Waals surface area contributed by atoms with E-state index < -0.39 is 0 Å². The lowest BCUT2D eigenvalue weighted by Gasteiger charge is -2.39. The molecule has 2 atom stereocenters. The summed E-state index contributed by atoms with van der Waals surface area (Å²) in [7, 11) is 0. The van der Waals surface area contributed by atoms with E-state index in [0.29, 0.717) is 0 Å². The van der Waals surface area contributed by atoms with E-state index in [4.69, 9.17) is 4.99 Å². The maximum atomic E-state index is 11.6. The van der Waals surface area contributed by atoms with E-state index in [1.807, 2.05) is 0 Å². The summed E-state index contributed by atoms with van der Waals surface area (Å²) >= 11 is 0. The molecule has 1 rings (SSSR count). The Morgan fingerprint density at radius 1 is 0.853 bits per heavy atom. The Hall–Kier alpha value is -1.16. The van der Waals surface area contributed by atoms with Crippen molar-refractivity contribution in [3.05, 3.63) is 12.2 Å². The third-order valence-electron chi connectivity index (χ3n) is 7.69. The summed E-state index contributed by atoms with van der Waals surface area (Å²) in [5.41, 5.74) is 0. The van der Waals surface area contributed by atoms with Crippen LogP contribution >= 0.6 is 0 Å². The molecule has 0 aromatic carbocycles. The largest absolute Gasteiger partial charge is 0.307 e. The van der Waals surface area contributed by atoms with Gasteiger partial charge in [-0.1, -0.05) is 96.1 Å². The molecule has 0 saturated carbocycles. The summed E-state index contributed by atoms with van der Waals surface area (Å²) in [5.74, 6) is 1.36. The fraction of sp³-hybridized carbons (Fsp3) is 0.867. The van der Waals surface area contributed by atoms with Crippen LogP contribution in [-0.2, 0) is 4.79 Å². The molecule has 34 heavy (non-hydrogen) atoms. The Balaban J connectivity index is 1.97. The molecule has 0 aliphatic carbocycles. The van der Waals surface area contributed by atoms with Crippen LogP contribution in [0, 0.1) is 0 Å². The Bertz CT molecular complexity index is 571. The minimum atomic E-state index is 0.0576. The summed E-state index contributed by atoms with van der Waals surface area (Å²) in [6.45, 7) is 11.2. The zero-order valence-electron chi connectivity index (χ0n) is 23.4. The number of hydrogen-bond acceptors (Lipinski definition) is 2. The van der Waals surface area contributed by atoms with Crippen molar-refractivity contribution in [2.45, 2.75) is 149 Å². The lowest BCUT2D eigenvalue weighted by atomic mass is 10.1. The molecule has 1 N–H and O–H groups in total. The number of allylic oxidation sites excluding steroid dienone is 2. The van der Waals surface area contributed by atoms with Gasteiger partial charge in [0.25, 0.3) is 0 Å². The average molecular weight is 477 g/mol.